The first-order valence-electron chi connectivity index (χ1n) is 11.5. The monoisotopic (exact) mass is 514 g/mol. The molecule has 2 heterocycles. The average molecular weight is 514 g/mol. The Hall–Kier alpha value is -4.35. The number of nitrogens with one attached hydrogen (secondary N) is 1. The van der Waals surface area contributed by atoms with Gasteiger partial charge < -0.3 is 14.5 Å². The van der Waals surface area contributed by atoms with Gasteiger partial charge in [0.1, 0.15) is 29.4 Å². The zero-order valence-corrected chi connectivity index (χ0v) is 19.6. The number of rotatable bonds is 6. The molecule has 2 aromatic carbocycles. The molecule has 1 N–H and O–H groups in total. The molecular weight excluding hydrogens is 493 g/mol. The number of benzene rings is 2. The van der Waals surface area contributed by atoms with Gasteiger partial charge in [-0.05, 0) is 50.5 Å². The van der Waals surface area contributed by atoms with Gasteiger partial charge in [-0.15, -0.1) is 0 Å². The van der Waals surface area contributed by atoms with Crippen LogP contribution >= 0.6 is 0 Å². The van der Waals surface area contributed by atoms with Crippen molar-refractivity contribution in [3.8, 4) is 11.5 Å². The SMILES string of the molecule is Cc1cc(C(F)(F)F)nn1CC(=O)Nc1cc(Oc2ccc3oc4c(c3c2)CCCC4)cc([N+](=O)[O-])c1. The topological polar surface area (TPSA) is 112 Å². The molecule has 1 aliphatic carbocycles. The van der Waals surface area contributed by atoms with E-state index in [9.17, 15) is 28.1 Å². The third kappa shape index (κ3) is 5.13. The zero-order valence-electron chi connectivity index (χ0n) is 19.6. The van der Waals surface area contributed by atoms with Gasteiger partial charge >= 0.3 is 6.18 Å². The Kier molecular flexibility index (Phi) is 6.10. The number of nitro groups is 1. The Labute approximate surface area is 208 Å². The fourth-order valence-electron chi connectivity index (χ4n) is 4.41. The lowest BCUT2D eigenvalue weighted by Gasteiger charge is -2.11. The van der Waals surface area contributed by atoms with E-state index >= 15 is 0 Å². The van der Waals surface area contributed by atoms with Crippen molar-refractivity contribution in [3.05, 3.63) is 75.3 Å². The minimum atomic E-state index is -4.64. The lowest BCUT2D eigenvalue weighted by molar-refractivity contribution is -0.384. The van der Waals surface area contributed by atoms with Gasteiger partial charge in [0.2, 0.25) is 5.91 Å². The zero-order chi connectivity index (χ0) is 26.3. The summed E-state index contributed by atoms with van der Waals surface area (Å²) in [5.41, 5.74) is 0.637. The second-order valence-corrected chi connectivity index (χ2v) is 8.82. The summed E-state index contributed by atoms with van der Waals surface area (Å²) in [6, 6.07) is 9.88. The van der Waals surface area contributed by atoms with E-state index in [1.54, 1.807) is 12.1 Å². The van der Waals surface area contributed by atoms with Crippen LogP contribution in [0.2, 0.25) is 0 Å². The highest BCUT2D eigenvalue weighted by Gasteiger charge is 2.34. The van der Waals surface area contributed by atoms with Crippen LogP contribution in [0.5, 0.6) is 11.5 Å². The number of nitrogens with zero attached hydrogens (tertiary/aromatic N) is 3. The van der Waals surface area contributed by atoms with Crippen LogP contribution in [0.3, 0.4) is 0 Å². The number of furan rings is 1. The van der Waals surface area contributed by atoms with Crippen molar-refractivity contribution in [1.82, 2.24) is 9.78 Å². The number of aromatic nitrogens is 2. The number of hydrogen-bond acceptors (Lipinski definition) is 6. The minimum absolute atomic E-state index is 0.0526. The quantitative estimate of drug-likeness (QED) is 0.243. The molecule has 1 amide bonds. The first-order valence-corrected chi connectivity index (χ1v) is 11.5. The molecule has 4 aromatic rings. The van der Waals surface area contributed by atoms with Crippen molar-refractivity contribution in [3.63, 3.8) is 0 Å². The van der Waals surface area contributed by atoms with E-state index in [-0.39, 0.29) is 22.8 Å². The van der Waals surface area contributed by atoms with E-state index in [1.165, 1.54) is 19.1 Å². The second kappa shape index (κ2) is 9.26. The number of fused-ring (bicyclic) bond motifs is 3. The molecular formula is C25H21F3N4O5. The van der Waals surface area contributed by atoms with E-state index < -0.39 is 29.2 Å². The molecule has 0 saturated carbocycles. The maximum atomic E-state index is 12.9. The van der Waals surface area contributed by atoms with Crippen molar-refractivity contribution in [1.29, 1.82) is 0 Å². The van der Waals surface area contributed by atoms with E-state index in [0.717, 1.165) is 64.8 Å². The summed E-state index contributed by atoms with van der Waals surface area (Å²) in [7, 11) is 0. The molecule has 0 radical (unpaired) electrons. The fraction of sp³-hybridized carbons (Fsp3) is 0.280. The Balaban J connectivity index is 1.37. The molecule has 0 spiro atoms. The van der Waals surface area contributed by atoms with Gasteiger partial charge in [0.05, 0.1) is 16.7 Å². The number of alkyl halides is 3. The number of hydrogen-bond donors (Lipinski definition) is 1. The van der Waals surface area contributed by atoms with Crippen LogP contribution in [0.1, 0.15) is 35.6 Å². The van der Waals surface area contributed by atoms with Gasteiger partial charge in [0.25, 0.3) is 5.69 Å². The third-order valence-corrected chi connectivity index (χ3v) is 6.11. The van der Waals surface area contributed by atoms with Gasteiger partial charge in [-0.2, -0.15) is 18.3 Å². The summed E-state index contributed by atoms with van der Waals surface area (Å²) >= 11 is 0. The van der Waals surface area contributed by atoms with Crippen molar-refractivity contribution in [2.75, 3.05) is 5.32 Å². The predicted molar refractivity (Wildman–Crippen MR) is 127 cm³/mol. The van der Waals surface area contributed by atoms with Crippen LogP contribution in [0, 0.1) is 17.0 Å². The first-order chi connectivity index (χ1) is 17.6. The number of anilines is 1. The molecule has 192 valence electrons. The standard InChI is InChI=1S/C25H21F3N4O5/c1-14-8-23(25(26,27)28)30-31(14)13-24(33)29-15-9-16(32(34)35)11-18(10-15)36-17-6-7-22-20(12-17)19-4-2-3-5-21(19)37-22/h6-12H,2-5,13H2,1H3,(H,29,33). The molecule has 1 aliphatic rings. The van der Waals surface area contributed by atoms with Crippen LogP contribution < -0.4 is 10.1 Å². The summed E-state index contributed by atoms with van der Waals surface area (Å²) in [6.45, 7) is 0.881. The van der Waals surface area contributed by atoms with Crippen LogP contribution in [-0.4, -0.2) is 20.6 Å². The third-order valence-electron chi connectivity index (χ3n) is 6.11. The van der Waals surface area contributed by atoms with E-state index in [4.69, 9.17) is 9.15 Å². The molecule has 0 aliphatic heterocycles. The molecule has 0 atom stereocenters. The molecule has 37 heavy (non-hydrogen) atoms. The lowest BCUT2D eigenvalue weighted by atomic mass is 9.96. The Morgan fingerprint density at radius 1 is 1.16 bits per heavy atom. The van der Waals surface area contributed by atoms with Crippen molar-refractivity contribution < 1.29 is 32.0 Å². The van der Waals surface area contributed by atoms with Crippen molar-refractivity contribution >= 4 is 28.3 Å². The number of carbonyl (C=O) groups is 1. The van der Waals surface area contributed by atoms with Gasteiger partial charge in [-0.3, -0.25) is 19.6 Å². The maximum Gasteiger partial charge on any atom is 0.435 e. The smallest absolute Gasteiger partial charge is 0.435 e. The summed E-state index contributed by atoms with van der Waals surface area (Å²) in [5.74, 6) is 0.800. The molecule has 0 fully saturated rings. The van der Waals surface area contributed by atoms with Crippen LogP contribution in [0.25, 0.3) is 11.0 Å². The number of aryl methyl sites for hydroxylation is 3. The fourth-order valence-corrected chi connectivity index (χ4v) is 4.41. The lowest BCUT2D eigenvalue weighted by Crippen LogP contribution is -2.21. The molecule has 12 heteroatoms. The normalized spacial score (nSPS) is 13.4. The van der Waals surface area contributed by atoms with Gasteiger partial charge in [-0.1, -0.05) is 0 Å². The van der Waals surface area contributed by atoms with Crippen LogP contribution in [-0.2, 0) is 30.4 Å². The van der Waals surface area contributed by atoms with Crippen molar-refractivity contribution in [2.24, 2.45) is 0 Å². The van der Waals surface area contributed by atoms with Crippen LogP contribution in [0.4, 0.5) is 24.5 Å². The maximum absolute atomic E-state index is 12.9. The summed E-state index contributed by atoms with van der Waals surface area (Å²) in [4.78, 5) is 23.4. The summed E-state index contributed by atoms with van der Waals surface area (Å²) in [6.07, 6.45) is -0.724. The number of nitro benzene ring substituents is 1. The number of carbonyl (C=O) groups excluding carboxylic acids is 1. The highest BCUT2D eigenvalue weighted by atomic mass is 19.4. The predicted octanol–water partition coefficient (Wildman–Crippen LogP) is 6.17. The minimum Gasteiger partial charge on any atom is -0.461 e. The van der Waals surface area contributed by atoms with E-state index in [0.29, 0.717) is 5.75 Å². The molecule has 0 saturated heterocycles. The number of halogens is 3. The highest BCUT2D eigenvalue weighted by Crippen LogP contribution is 2.36. The molecule has 5 rings (SSSR count). The summed E-state index contributed by atoms with van der Waals surface area (Å²) in [5, 5.41) is 18.3. The number of ether oxygens (including phenoxy) is 1. The highest BCUT2D eigenvalue weighted by molar-refractivity contribution is 5.91. The average Bonchev–Trinajstić information content (AvgIpc) is 3.39. The molecule has 0 unspecified atom stereocenters. The van der Waals surface area contributed by atoms with Crippen molar-refractivity contribution in [2.45, 2.75) is 45.3 Å². The van der Waals surface area contributed by atoms with E-state index in [2.05, 4.69) is 10.4 Å². The number of amides is 1. The second-order valence-electron chi connectivity index (χ2n) is 8.82. The number of non-ortho nitro benzene ring substituents is 1. The Morgan fingerprint density at radius 3 is 2.68 bits per heavy atom. The Bertz CT molecular complexity index is 1520. The van der Waals surface area contributed by atoms with Gasteiger partial charge in [0.15, 0.2) is 5.69 Å². The summed E-state index contributed by atoms with van der Waals surface area (Å²) < 4.78 is 51.4. The largest absolute Gasteiger partial charge is 0.461 e. The van der Waals surface area contributed by atoms with Gasteiger partial charge in [-0.25, -0.2) is 0 Å². The molecule has 9 nitrogen and oxygen atoms in total. The molecule has 0 bridgehead atoms. The Morgan fingerprint density at radius 2 is 1.95 bits per heavy atom. The molecule has 2 aromatic heterocycles. The first kappa shape index (κ1) is 24.3. The van der Waals surface area contributed by atoms with Crippen LogP contribution in [0.15, 0.2) is 46.9 Å². The van der Waals surface area contributed by atoms with Gasteiger partial charge in [0, 0.05) is 35.2 Å². The van der Waals surface area contributed by atoms with E-state index in [1.807, 2.05) is 6.07 Å².